The van der Waals surface area contributed by atoms with Gasteiger partial charge in [0.15, 0.2) is 5.69 Å². The fourth-order valence-corrected chi connectivity index (χ4v) is 2.50. The van der Waals surface area contributed by atoms with Crippen LogP contribution in [-0.4, -0.2) is 59.2 Å². The van der Waals surface area contributed by atoms with Crippen molar-refractivity contribution in [2.24, 2.45) is 13.0 Å². The van der Waals surface area contributed by atoms with E-state index in [0.717, 1.165) is 26.1 Å². The first-order valence-corrected chi connectivity index (χ1v) is 6.20. The molecule has 1 atom stereocenters. The zero-order valence-electron chi connectivity index (χ0n) is 11.3. The lowest BCUT2D eigenvalue weighted by Crippen LogP contribution is -2.33. The Labute approximate surface area is 107 Å². The highest BCUT2D eigenvalue weighted by atomic mass is 16.2. The van der Waals surface area contributed by atoms with E-state index in [4.69, 9.17) is 5.73 Å². The molecule has 1 aliphatic heterocycles. The third kappa shape index (κ3) is 2.64. The molecule has 0 saturated carbocycles. The molecule has 2 rings (SSSR count). The van der Waals surface area contributed by atoms with Crippen LogP contribution in [0.5, 0.6) is 0 Å². The molecule has 1 unspecified atom stereocenters. The maximum absolute atomic E-state index is 12.2. The average Bonchev–Trinajstić information content (AvgIpc) is 2.84. The molecule has 0 spiro atoms. The first kappa shape index (κ1) is 12.9. The van der Waals surface area contributed by atoms with E-state index in [-0.39, 0.29) is 5.91 Å². The van der Waals surface area contributed by atoms with Crippen molar-refractivity contribution in [2.45, 2.75) is 6.42 Å². The minimum absolute atomic E-state index is 0.0948. The number of hydrogen-bond donors (Lipinski definition) is 1. The molecule has 6 heteroatoms. The first-order chi connectivity index (χ1) is 8.47. The number of nitrogens with two attached hydrogens (primary N) is 1. The number of nitrogens with zero attached hydrogens (tertiary/aromatic N) is 4. The Morgan fingerprint density at radius 3 is 2.83 bits per heavy atom. The van der Waals surface area contributed by atoms with E-state index in [0.29, 0.717) is 17.3 Å². The highest BCUT2D eigenvalue weighted by Gasteiger charge is 2.25. The average molecular weight is 251 g/mol. The van der Waals surface area contributed by atoms with Crippen molar-refractivity contribution in [1.82, 2.24) is 19.6 Å². The van der Waals surface area contributed by atoms with Crippen LogP contribution in [-0.2, 0) is 7.05 Å². The number of rotatable bonds is 3. The molecule has 2 heterocycles. The lowest BCUT2D eigenvalue weighted by atomic mass is 10.1. The van der Waals surface area contributed by atoms with Gasteiger partial charge in [-0.25, -0.2) is 0 Å². The van der Waals surface area contributed by atoms with Gasteiger partial charge in [0, 0.05) is 33.4 Å². The molecule has 100 valence electrons. The number of aryl methyl sites for hydroxylation is 1. The highest BCUT2D eigenvalue weighted by Crippen LogP contribution is 2.17. The largest absolute Gasteiger partial charge is 0.396 e. The van der Waals surface area contributed by atoms with Crippen molar-refractivity contribution < 1.29 is 4.79 Å². The van der Waals surface area contributed by atoms with Gasteiger partial charge in [0.1, 0.15) is 0 Å². The topological polar surface area (TPSA) is 67.4 Å². The third-order valence-corrected chi connectivity index (χ3v) is 3.43. The van der Waals surface area contributed by atoms with Gasteiger partial charge in [-0.3, -0.25) is 9.48 Å². The van der Waals surface area contributed by atoms with Crippen LogP contribution in [0.4, 0.5) is 5.69 Å². The molecule has 1 saturated heterocycles. The van der Waals surface area contributed by atoms with Crippen molar-refractivity contribution in [3.8, 4) is 0 Å². The second-order valence-corrected chi connectivity index (χ2v) is 5.21. The van der Waals surface area contributed by atoms with Gasteiger partial charge in [-0.15, -0.1) is 0 Å². The number of amides is 1. The van der Waals surface area contributed by atoms with Crippen molar-refractivity contribution in [3.63, 3.8) is 0 Å². The van der Waals surface area contributed by atoms with Gasteiger partial charge in [0.25, 0.3) is 5.91 Å². The summed E-state index contributed by atoms with van der Waals surface area (Å²) in [6.07, 6.45) is 2.80. The molecule has 1 aliphatic rings. The van der Waals surface area contributed by atoms with Gasteiger partial charge in [-0.2, -0.15) is 5.10 Å². The minimum Gasteiger partial charge on any atom is -0.396 e. The molecule has 0 radical (unpaired) electrons. The molecule has 18 heavy (non-hydrogen) atoms. The lowest BCUT2D eigenvalue weighted by molar-refractivity contribution is 0.0768. The summed E-state index contributed by atoms with van der Waals surface area (Å²) in [5.41, 5.74) is 6.57. The SMILES string of the molecule is CN1CCC(CN(C)C(=O)c2nn(C)cc2N)C1. The summed E-state index contributed by atoms with van der Waals surface area (Å²) in [5.74, 6) is 0.455. The van der Waals surface area contributed by atoms with Gasteiger partial charge in [-0.05, 0) is 25.9 Å². The number of anilines is 1. The molecular formula is C12H21N5O. The van der Waals surface area contributed by atoms with Crippen LogP contribution in [0.1, 0.15) is 16.9 Å². The number of hydrogen-bond acceptors (Lipinski definition) is 4. The summed E-state index contributed by atoms with van der Waals surface area (Å²) in [6, 6.07) is 0. The van der Waals surface area contributed by atoms with Crippen LogP contribution in [0.2, 0.25) is 0 Å². The predicted molar refractivity (Wildman–Crippen MR) is 70.2 cm³/mol. The van der Waals surface area contributed by atoms with Gasteiger partial charge < -0.3 is 15.5 Å². The smallest absolute Gasteiger partial charge is 0.276 e. The van der Waals surface area contributed by atoms with Gasteiger partial charge in [0.2, 0.25) is 0 Å². The maximum Gasteiger partial charge on any atom is 0.276 e. The quantitative estimate of drug-likeness (QED) is 0.823. The Morgan fingerprint density at radius 2 is 2.33 bits per heavy atom. The zero-order valence-corrected chi connectivity index (χ0v) is 11.3. The Morgan fingerprint density at radius 1 is 1.61 bits per heavy atom. The number of aromatic nitrogens is 2. The van der Waals surface area contributed by atoms with Gasteiger partial charge in [0.05, 0.1) is 5.69 Å². The third-order valence-electron chi connectivity index (χ3n) is 3.43. The standard InChI is InChI=1S/C12H21N5O/c1-15-5-4-9(6-15)7-16(2)12(18)11-10(13)8-17(3)14-11/h8-9H,4-7,13H2,1-3H3. The van der Waals surface area contributed by atoms with E-state index in [1.165, 1.54) is 0 Å². The van der Waals surface area contributed by atoms with Crippen molar-refractivity contribution in [1.29, 1.82) is 0 Å². The van der Waals surface area contributed by atoms with Crippen molar-refractivity contribution >= 4 is 11.6 Å². The Hall–Kier alpha value is -1.56. The molecule has 0 bridgehead atoms. The highest BCUT2D eigenvalue weighted by molar-refractivity contribution is 5.96. The summed E-state index contributed by atoms with van der Waals surface area (Å²) >= 11 is 0. The molecule has 1 fully saturated rings. The molecule has 2 N–H and O–H groups in total. The fraction of sp³-hybridized carbons (Fsp3) is 0.667. The van der Waals surface area contributed by atoms with E-state index in [1.807, 2.05) is 7.05 Å². The summed E-state index contributed by atoms with van der Waals surface area (Å²) in [4.78, 5) is 16.2. The molecule has 0 aliphatic carbocycles. The lowest BCUT2D eigenvalue weighted by Gasteiger charge is -2.20. The van der Waals surface area contributed by atoms with Gasteiger partial charge >= 0.3 is 0 Å². The first-order valence-electron chi connectivity index (χ1n) is 6.20. The van der Waals surface area contributed by atoms with E-state index in [9.17, 15) is 4.79 Å². The molecule has 0 aromatic carbocycles. The second-order valence-electron chi connectivity index (χ2n) is 5.21. The van der Waals surface area contributed by atoms with Crippen molar-refractivity contribution in [3.05, 3.63) is 11.9 Å². The van der Waals surface area contributed by atoms with Gasteiger partial charge in [-0.1, -0.05) is 0 Å². The molecule has 1 amide bonds. The Balaban J connectivity index is 1.98. The number of carbonyl (C=O) groups excluding carboxylic acids is 1. The number of likely N-dealkylation sites (tertiary alicyclic amines) is 1. The Kier molecular flexibility index (Phi) is 3.56. The maximum atomic E-state index is 12.2. The van der Waals surface area contributed by atoms with Crippen LogP contribution in [0.3, 0.4) is 0 Å². The summed E-state index contributed by atoms with van der Waals surface area (Å²) < 4.78 is 1.57. The number of nitrogen functional groups attached to an aromatic ring is 1. The van der Waals surface area contributed by atoms with E-state index in [2.05, 4.69) is 17.0 Å². The van der Waals surface area contributed by atoms with E-state index in [1.54, 1.807) is 22.8 Å². The van der Waals surface area contributed by atoms with E-state index < -0.39 is 0 Å². The normalized spacial score (nSPS) is 20.3. The zero-order chi connectivity index (χ0) is 13.3. The summed E-state index contributed by atoms with van der Waals surface area (Å²) in [7, 11) is 5.69. The fourth-order valence-electron chi connectivity index (χ4n) is 2.50. The van der Waals surface area contributed by atoms with Crippen LogP contribution in [0.15, 0.2) is 6.20 Å². The van der Waals surface area contributed by atoms with Crippen LogP contribution in [0.25, 0.3) is 0 Å². The van der Waals surface area contributed by atoms with Crippen LogP contribution in [0, 0.1) is 5.92 Å². The second kappa shape index (κ2) is 4.97. The Bertz CT molecular complexity index is 442. The summed E-state index contributed by atoms with van der Waals surface area (Å²) in [6.45, 7) is 2.92. The minimum atomic E-state index is -0.0948. The van der Waals surface area contributed by atoms with Crippen LogP contribution < -0.4 is 5.73 Å². The number of carbonyl (C=O) groups is 1. The monoisotopic (exact) mass is 251 g/mol. The summed E-state index contributed by atoms with van der Waals surface area (Å²) in [5, 5.41) is 4.11. The molecule has 6 nitrogen and oxygen atoms in total. The van der Waals surface area contributed by atoms with Crippen molar-refractivity contribution in [2.75, 3.05) is 39.5 Å². The molecule has 1 aromatic heterocycles. The predicted octanol–water partition coefficient (Wildman–Crippen LogP) is 0.0260. The van der Waals surface area contributed by atoms with Crippen LogP contribution >= 0.6 is 0 Å². The molecule has 1 aromatic rings. The van der Waals surface area contributed by atoms with E-state index >= 15 is 0 Å². The molecular weight excluding hydrogens is 230 g/mol.